The van der Waals surface area contributed by atoms with Gasteiger partial charge in [-0.15, -0.1) is 0 Å². The number of hydrogen-bond donors (Lipinski definition) is 2. The molecule has 39 heavy (non-hydrogen) atoms. The number of pyridine rings is 1. The van der Waals surface area contributed by atoms with E-state index >= 15 is 0 Å². The van der Waals surface area contributed by atoms with E-state index < -0.39 is 0 Å². The second-order valence-corrected chi connectivity index (χ2v) is 10.5. The molecule has 2 aromatic heterocycles. The van der Waals surface area contributed by atoms with Gasteiger partial charge in [0.25, 0.3) is 0 Å². The van der Waals surface area contributed by atoms with Crippen LogP contribution in [0.4, 0.5) is 11.4 Å². The van der Waals surface area contributed by atoms with Crippen molar-refractivity contribution in [2.75, 3.05) is 23.9 Å². The minimum Gasteiger partial charge on any atom is -0.375 e. The summed E-state index contributed by atoms with van der Waals surface area (Å²) < 4.78 is 7.12. The molecule has 0 radical (unpaired) electrons. The van der Waals surface area contributed by atoms with Crippen LogP contribution in [0.5, 0.6) is 0 Å². The van der Waals surface area contributed by atoms with Gasteiger partial charge in [0, 0.05) is 41.1 Å². The second-order valence-electron chi connectivity index (χ2n) is 9.28. The minimum atomic E-state index is -0.284. The van der Waals surface area contributed by atoms with Crippen molar-refractivity contribution < 1.29 is 9.53 Å². The number of hydrogen-bond acceptors (Lipinski definition) is 4. The minimum absolute atomic E-state index is 0.0602. The summed E-state index contributed by atoms with van der Waals surface area (Å²) in [5.74, 6) is -0.284. The van der Waals surface area contributed by atoms with Crippen molar-refractivity contribution in [3.63, 3.8) is 0 Å². The van der Waals surface area contributed by atoms with E-state index in [2.05, 4.69) is 45.0 Å². The van der Waals surface area contributed by atoms with E-state index in [1.165, 1.54) is 7.11 Å². The smallest absolute Gasteiger partial charge is 0.250 e. The van der Waals surface area contributed by atoms with Gasteiger partial charge in [-0.25, -0.2) is 0 Å². The summed E-state index contributed by atoms with van der Waals surface area (Å²) in [5, 5.41) is 7.90. The SMILES string of the molecule is COCC(=O)Nc1ccc(N2C(=S)N[C@@H](c3ccccn3)[C@@H]2c2cc(C)n(-c3ccc(Cl)cc3)c2C)cc1Cl. The molecule has 10 heteroatoms. The van der Waals surface area contributed by atoms with Crippen LogP contribution in [0.15, 0.2) is 72.9 Å². The Hall–Kier alpha value is -3.43. The summed E-state index contributed by atoms with van der Waals surface area (Å²) in [6, 6.07) is 20.9. The number of methoxy groups -OCH3 is 1. The van der Waals surface area contributed by atoms with Crippen LogP contribution in [0, 0.1) is 13.8 Å². The fourth-order valence-electron chi connectivity index (χ4n) is 5.10. The predicted octanol–water partition coefficient (Wildman–Crippen LogP) is 6.56. The number of carbonyl (C=O) groups is 1. The first-order valence-electron chi connectivity index (χ1n) is 12.3. The summed E-state index contributed by atoms with van der Waals surface area (Å²) in [6.45, 7) is 4.13. The van der Waals surface area contributed by atoms with Gasteiger partial charge >= 0.3 is 0 Å². The summed E-state index contributed by atoms with van der Waals surface area (Å²) in [6.07, 6.45) is 1.78. The van der Waals surface area contributed by atoms with Crippen LogP contribution >= 0.6 is 35.4 Å². The summed E-state index contributed by atoms with van der Waals surface area (Å²) in [4.78, 5) is 18.8. The van der Waals surface area contributed by atoms with Crippen molar-refractivity contribution in [1.82, 2.24) is 14.9 Å². The second kappa shape index (κ2) is 11.4. The number of ether oxygens (including phenoxy) is 1. The van der Waals surface area contributed by atoms with Crippen LogP contribution in [-0.2, 0) is 9.53 Å². The Morgan fingerprint density at radius 3 is 2.49 bits per heavy atom. The number of benzene rings is 2. The van der Waals surface area contributed by atoms with E-state index in [0.29, 0.717) is 20.8 Å². The average molecular weight is 581 g/mol. The highest BCUT2D eigenvalue weighted by atomic mass is 35.5. The maximum absolute atomic E-state index is 12.0. The molecule has 0 spiro atoms. The molecule has 1 aliphatic heterocycles. The van der Waals surface area contributed by atoms with E-state index in [0.717, 1.165) is 34.0 Å². The zero-order chi connectivity index (χ0) is 27.7. The van der Waals surface area contributed by atoms with E-state index in [1.807, 2.05) is 54.6 Å². The zero-order valence-electron chi connectivity index (χ0n) is 21.6. The van der Waals surface area contributed by atoms with Crippen LogP contribution < -0.4 is 15.5 Å². The third kappa shape index (κ3) is 5.38. The van der Waals surface area contributed by atoms with E-state index in [4.69, 9.17) is 40.2 Å². The summed E-state index contributed by atoms with van der Waals surface area (Å²) in [7, 11) is 1.47. The number of nitrogens with zero attached hydrogens (tertiary/aromatic N) is 3. The highest BCUT2D eigenvalue weighted by molar-refractivity contribution is 7.80. The average Bonchev–Trinajstić information content (AvgIpc) is 3.41. The van der Waals surface area contributed by atoms with E-state index in [1.54, 1.807) is 12.3 Å². The van der Waals surface area contributed by atoms with Crippen molar-refractivity contribution in [2.45, 2.75) is 25.9 Å². The topological polar surface area (TPSA) is 71.4 Å². The number of rotatable bonds is 7. The number of carbonyl (C=O) groups excluding carboxylic acids is 1. The van der Waals surface area contributed by atoms with Crippen LogP contribution in [0.2, 0.25) is 10.0 Å². The fraction of sp³-hybridized carbons (Fsp3) is 0.207. The quantitative estimate of drug-likeness (QED) is 0.242. The number of halogens is 2. The molecule has 0 saturated carbocycles. The number of aryl methyl sites for hydroxylation is 1. The standard InChI is InChI=1S/C29H27Cl2N5O2S/c1-17-14-22(18(2)35(17)20-9-7-19(30)8-10-20)28-27(25-6-4-5-13-32-25)34-29(39)36(28)21-11-12-24(23(31)15-21)33-26(37)16-38-3/h4-15,27-28H,16H2,1-3H3,(H,33,37)(H,34,39)/t27-,28-/m0/s1. The molecule has 3 heterocycles. The van der Waals surface area contributed by atoms with Crippen LogP contribution in [0.3, 0.4) is 0 Å². The molecule has 0 aliphatic carbocycles. The van der Waals surface area contributed by atoms with Gasteiger partial charge in [0.1, 0.15) is 6.61 Å². The molecule has 5 rings (SSSR count). The molecule has 1 saturated heterocycles. The first-order chi connectivity index (χ1) is 18.8. The normalized spacial score (nSPS) is 16.8. The molecule has 1 aliphatic rings. The number of anilines is 2. The zero-order valence-corrected chi connectivity index (χ0v) is 23.9. The lowest BCUT2D eigenvalue weighted by Crippen LogP contribution is -2.29. The largest absolute Gasteiger partial charge is 0.375 e. The molecule has 0 bridgehead atoms. The van der Waals surface area contributed by atoms with Gasteiger partial charge < -0.3 is 24.8 Å². The Morgan fingerprint density at radius 1 is 1.08 bits per heavy atom. The van der Waals surface area contributed by atoms with Crippen LogP contribution in [0.25, 0.3) is 5.69 Å². The number of nitrogens with one attached hydrogen (secondary N) is 2. The molecule has 2 N–H and O–H groups in total. The Morgan fingerprint density at radius 2 is 1.82 bits per heavy atom. The molecular formula is C29H27Cl2N5O2S. The van der Waals surface area contributed by atoms with E-state index in [9.17, 15) is 4.79 Å². The lowest BCUT2D eigenvalue weighted by molar-refractivity contribution is -0.119. The van der Waals surface area contributed by atoms with Gasteiger partial charge in [-0.1, -0.05) is 29.3 Å². The van der Waals surface area contributed by atoms with Crippen molar-refractivity contribution in [3.05, 3.63) is 106 Å². The van der Waals surface area contributed by atoms with Gasteiger partial charge in [0.2, 0.25) is 5.91 Å². The van der Waals surface area contributed by atoms with Gasteiger partial charge in [-0.3, -0.25) is 9.78 Å². The van der Waals surface area contributed by atoms with Crippen molar-refractivity contribution >= 4 is 57.8 Å². The Labute approximate surface area is 242 Å². The Kier molecular flexibility index (Phi) is 7.91. The first-order valence-corrected chi connectivity index (χ1v) is 13.5. The maximum atomic E-state index is 12.0. The van der Waals surface area contributed by atoms with Gasteiger partial charge in [-0.2, -0.15) is 0 Å². The third-order valence-corrected chi connectivity index (χ3v) is 7.63. The van der Waals surface area contributed by atoms with E-state index in [-0.39, 0.29) is 24.6 Å². The number of aromatic nitrogens is 2. The summed E-state index contributed by atoms with van der Waals surface area (Å²) in [5.41, 5.74) is 6.44. The van der Waals surface area contributed by atoms with Crippen LogP contribution in [0.1, 0.15) is 34.7 Å². The molecule has 200 valence electrons. The number of amides is 1. The molecule has 1 amide bonds. The molecule has 4 aromatic rings. The monoisotopic (exact) mass is 579 g/mol. The molecule has 2 aromatic carbocycles. The van der Waals surface area contributed by atoms with Crippen molar-refractivity contribution in [1.29, 1.82) is 0 Å². The van der Waals surface area contributed by atoms with Crippen molar-refractivity contribution in [2.24, 2.45) is 0 Å². The fourth-order valence-corrected chi connectivity index (χ4v) is 5.79. The first kappa shape index (κ1) is 27.1. The molecular weight excluding hydrogens is 553 g/mol. The van der Waals surface area contributed by atoms with Crippen LogP contribution in [-0.4, -0.2) is 34.3 Å². The maximum Gasteiger partial charge on any atom is 0.250 e. The predicted molar refractivity (Wildman–Crippen MR) is 160 cm³/mol. The lowest BCUT2D eigenvalue weighted by Gasteiger charge is -2.28. The van der Waals surface area contributed by atoms with Gasteiger partial charge in [-0.05, 0) is 92.3 Å². The highest BCUT2D eigenvalue weighted by Gasteiger charge is 2.42. The van der Waals surface area contributed by atoms with Crippen molar-refractivity contribution in [3.8, 4) is 5.69 Å². The van der Waals surface area contributed by atoms with Gasteiger partial charge in [0.05, 0.1) is 28.5 Å². The molecule has 0 unspecified atom stereocenters. The highest BCUT2D eigenvalue weighted by Crippen LogP contribution is 2.44. The lowest BCUT2D eigenvalue weighted by atomic mass is 9.96. The van der Waals surface area contributed by atoms with Gasteiger partial charge in [0.15, 0.2) is 5.11 Å². The Bertz CT molecular complexity index is 1520. The Balaban J connectivity index is 1.60. The third-order valence-electron chi connectivity index (χ3n) is 6.75. The molecule has 7 nitrogen and oxygen atoms in total. The number of thiocarbonyl (C=S) groups is 1. The molecule has 2 atom stereocenters. The summed E-state index contributed by atoms with van der Waals surface area (Å²) >= 11 is 18.7. The molecule has 1 fully saturated rings.